The summed E-state index contributed by atoms with van der Waals surface area (Å²) in [4.78, 5) is 18.1. The van der Waals surface area contributed by atoms with E-state index in [1.54, 1.807) is 6.07 Å². The van der Waals surface area contributed by atoms with Crippen LogP contribution >= 0.6 is 0 Å². The van der Waals surface area contributed by atoms with Crippen LogP contribution in [0.4, 0.5) is 0 Å². The molecule has 1 saturated heterocycles. The number of pyridine rings is 1. The van der Waals surface area contributed by atoms with Gasteiger partial charge in [0, 0.05) is 32.2 Å². The minimum atomic E-state index is -0.384. The Kier molecular flexibility index (Phi) is 4.28. The summed E-state index contributed by atoms with van der Waals surface area (Å²) in [5.74, 6) is -0.384. The van der Waals surface area contributed by atoms with Crippen molar-refractivity contribution in [2.24, 2.45) is 0 Å². The van der Waals surface area contributed by atoms with E-state index in [1.165, 1.54) is 7.11 Å². The number of nitrogens with zero attached hydrogens (tertiary/aromatic N) is 2. The predicted molar refractivity (Wildman–Crippen MR) is 68.3 cm³/mol. The summed E-state index contributed by atoms with van der Waals surface area (Å²) < 4.78 is 4.67. The standard InChI is InChI=1S/C13H19N3O2/c1-10-8-16(7-6-14-10)9-11-4-3-5-12(15-11)13(17)18-2/h3-5,10,14H,6-9H2,1-2H3/t10-/m0/s1. The molecule has 1 aliphatic rings. The normalized spacial score (nSPS) is 20.7. The Hall–Kier alpha value is -1.46. The summed E-state index contributed by atoms with van der Waals surface area (Å²) >= 11 is 0. The molecule has 98 valence electrons. The lowest BCUT2D eigenvalue weighted by atomic mass is 10.2. The van der Waals surface area contributed by atoms with E-state index in [0.717, 1.165) is 31.9 Å². The number of carbonyl (C=O) groups is 1. The van der Waals surface area contributed by atoms with Crippen molar-refractivity contribution in [3.05, 3.63) is 29.6 Å². The third kappa shape index (κ3) is 3.27. The zero-order valence-electron chi connectivity index (χ0n) is 10.8. The van der Waals surface area contributed by atoms with E-state index in [-0.39, 0.29) is 5.97 Å². The summed E-state index contributed by atoms with van der Waals surface area (Å²) in [5, 5.41) is 3.40. The molecule has 0 aliphatic carbocycles. The molecule has 2 heterocycles. The number of piperazine rings is 1. The second kappa shape index (κ2) is 5.93. The fourth-order valence-electron chi connectivity index (χ4n) is 2.17. The molecule has 1 fully saturated rings. The van der Waals surface area contributed by atoms with Crippen molar-refractivity contribution in [2.45, 2.75) is 19.5 Å². The molecule has 5 nitrogen and oxygen atoms in total. The smallest absolute Gasteiger partial charge is 0.356 e. The van der Waals surface area contributed by atoms with E-state index in [2.05, 4.69) is 26.9 Å². The van der Waals surface area contributed by atoms with Gasteiger partial charge in [-0.3, -0.25) is 4.90 Å². The van der Waals surface area contributed by atoms with Gasteiger partial charge >= 0.3 is 5.97 Å². The highest BCUT2D eigenvalue weighted by atomic mass is 16.5. The first-order valence-corrected chi connectivity index (χ1v) is 6.19. The number of hydrogen-bond donors (Lipinski definition) is 1. The van der Waals surface area contributed by atoms with Crippen LogP contribution in [0, 0.1) is 0 Å². The van der Waals surface area contributed by atoms with Crippen molar-refractivity contribution in [2.75, 3.05) is 26.7 Å². The second-order valence-electron chi connectivity index (χ2n) is 4.60. The van der Waals surface area contributed by atoms with E-state index >= 15 is 0 Å². The highest BCUT2D eigenvalue weighted by Gasteiger charge is 2.16. The van der Waals surface area contributed by atoms with E-state index in [1.807, 2.05) is 12.1 Å². The first-order chi connectivity index (χ1) is 8.69. The zero-order valence-corrected chi connectivity index (χ0v) is 10.8. The average Bonchev–Trinajstić information content (AvgIpc) is 2.38. The number of methoxy groups -OCH3 is 1. The number of rotatable bonds is 3. The highest BCUT2D eigenvalue weighted by molar-refractivity contribution is 5.87. The van der Waals surface area contributed by atoms with E-state index < -0.39 is 0 Å². The van der Waals surface area contributed by atoms with Gasteiger partial charge in [0.2, 0.25) is 0 Å². The summed E-state index contributed by atoms with van der Waals surface area (Å²) in [6.45, 7) is 5.96. The minimum absolute atomic E-state index is 0.373. The molecule has 2 rings (SSSR count). The molecule has 5 heteroatoms. The Labute approximate surface area is 107 Å². The fraction of sp³-hybridized carbons (Fsp3) is 0.538. The van der Waals surface area contributed by atoms with E-state index in [4.69, 9.17) is 0 Å². The molecule has 0 aromatic carbocycles. The lowest BCUT2D eigenvalue weighted by Gasteiger charge is -2.31. The summed E-state index contributed by atoms with van der Waals surface area (Å²) in [5.41, 5.74) is 1.28. The van der Waals surface area contributed by atoms with Gasteiger partial charge in [-0.15, -0.1) is 0 Å². The fourth-order valence-corrected chi connectivity index (χ4v) is 2.17. The molecule has 1 aliphatic heterocycles. The van der Waals surface area contributed by atoms with Crippen molar-refractivity contribution >= 4 is 5.97 Å². The molecule has 18 heavy (non-hydrogen) atoms. The summed E-state index contributed by atoms with van der Waals surface area (Å²) in [6.07, 6.45) is 0. The number of carbonyl (C=O) groups excluding carboxylic acids is 1. The van der Waals surface area contributed by atoms with Crippen LogP contribution in [0.5, 0.6) is 0 Å². The number of aromatic nitrogens is 1. The molecule has 1 N–H and O–H groups in total. The van der Waals surface area contributed by atoms with Crippen molar-refractivity contribution in [3.8, 4) is 0 Å². The molecule has 0 amide bonds. The molecular formula is C13H19N3O2. The van der Waals surface area contributed by atoms with Crippen molar-refractivity contribution in [1.29, 1.82) is 0 Å². The molecule has 0 bridgehead atoms. The molecule has 1 aromatic heterocycles. The minimum Gasteiger partial charge on any atom is -0.464 e. The van der Waals surface area contributed by atoms with Gasteiger partial charge in [0.25, 0.3) is 0 Å². The van der Waals surface area contributed by atoms with E-state index in [9.17, 15) is 4.79 Å². The zero-order chi connectivity index (χ0) is 13.0. The first kappa shape index (κ1) is 13.0. The molecule has 1 aromatic rings. The molecule has 0 radical (unpaired) electrons. The van der Waals surface area contributed by atoms with Gasteiger partial charge < -0.3 is 10.1 Å². The van der Waals surface area contributed by atoms with Gasteiger partial charge in [0.15, 0.2) is 0 Å². The summed E-state index contributed by atoms with van der Waals surface area (Å²) in [6, 6.07) is 5.97. The molecular weight excluding hydrogens is 230 g/mol. The Morgan fingerprint density at radius 1 is 1.61 bits per heavy atom. The van der Waals surface area contributed by atoms with E-state index in [0.29, 0.717) is 11.7 Å². The molecule has 0 saturated carbocycles. The van der Waals surface area contributed by atoms with Gasteiger partial charge in [-0.05, 0) is 19.1 Å². The summed E-state index contributed by atoms with van der Waals surface area (Å²) in [7, 11) is 1.37. The second-order valence-corrected chi connectivity index (χ2v) is 4.60. The van der Waals surface area contributed by atoms with Gasteiger partial charge in [0.05, 0.1) is 12.8 Å². The molecule has 1 atom stereocenters. The molecule has 0 spiro atoms. The van der Waals surface area contributed by atoms with Crippen molar-refractivity contribution in [3.63, 3.8) is 0 Å². The molecule has 0 unspecified atom stereocenters. The van der Waals surface area contributed by atoms with Crippen LogP contribution in [0.25, 0.3) is 0 Å². The quantitative estimate of drug-likeness (QED) is 0.798. The maximum atomic E-state index is 11.4. The SMILES string of the molecule is COC(=O)c1cccc(CN2CCN[C@@H](C)C2)n1. The Bertz CT molecular complexity index is 422. The van der Waals surface area contributed by atoms with Crippen molar-refractivity contribution < 1.29 is 9.53 Å². The van der Waals surface area contributed by atoms with Crippen LogP contribution in [0.15, 0.2) is 18.2 Å². The number of nitrogens with one attached hydrogen (secondary N) is 1. The predicted octanol–water partition coefficient (Wildman–Crippen LogP) is 0.662. The third-order valence-electron chi connectivity index (χ3n) is 3.04. The topological polar surface area (TPSA) is 54.5 Å². The highest BCUT2D eigenvalue weighted by Crippen LogP contribution is 2.07. The monoisotopic (exact) mass is 249 g/mol. The Morgan fingerprint density at radius 3 is 3.17 bits per heavy atom. The van der Waals surface area contributed by atoms with Crippen molar-refractivity contribution in [1.82, 2.24) is 15.2 Å². The lowest BCUT2D eigenvalue weighted by molar-refractivity contribution is 0.0593. The Morgan fingerprint density at radius 2 is 2.44 bits per heavy atom. The van der Waals surface area contributed by atoms with Crippen LogP contribution in [0.1, 0.15) is 23.1 Å². The Balaban J connectivity index is 2.02. The maximum Gasteiger partial charge on any atom is 0.356 e. The van der Waals surface area contributed by atoms with Gasteiger partial charge in [-0.1, -0.05) is 6.07 Å². The van der Waals surface area contributed by atoms with Gasteiger partial charge in [-0.2, -0.15) is 0 Å². The first-order valence-electron chi connectivity index (χ1n) is 6.19. The van der Waals surface area contributed by atoms with Crippen LogP contribution < -0.4 is 5.32 Å². The number of hydrogen-bond acceptors (Lipinski definition) is 5. The number of ether oxygens (including phenoxy) is 1. The average molecular weight is 249 g/mol. The van der Waals surface area contributed by atoms with Crippen LogP contribution in [-0.2, 0) is 11.3 Å². The van der Waals surface area contributed by atoms with Gasteiger partial charge in [0.1, 0.15) is 5.69 Å². The van der Waals surface area contributed by atoms with Gasteiger partial charge in [-0.25, -0.2) is 9.78 Å². The van der Waals surface area contributed by atoms with Crippen LogP contribution in [0.2, 0.25) is 0 Å². The maximum absolute atomic E-state index is 11.4. The lowest BCUT2D eigenvalue weighted by Crippen LogP contribution is -2.48. The largest absolute Gasteiger partial charge is 0.464 e. The third-order valence-corrected chi connectivity index (χ3v) is 3.04. The number of esters is 1. The van der Waals surface area contributed by atoms with Crippen LogP contribution in [0.3, 0.4) is 0 Å². The van der Waals surface area contributed by atoms with Crippen LogP contribution in [-0.4, -0.2) is 48.6 Å².